The first-order chi connectivity index (χ1) is 10.2. The predicted molar refractivity (Wildman–Crippen MR) is 81.1 cm³/mol. The topological polar surface area (TPSA) is 52.9 Å². The first kappa shape index (κ1) is 13.4. The quantitative estimate of drug-likeness (QED) is 0.939. The van der Waals surface area contributed by atoms with E-state index in [2.05, 4.69) is 5.10 Å². The summed E-state index contributed by atoms with van der Waals surface area (Å²) >= 11 is 0. The summed E-state index contributed by atoms with van der Waals surface area (Å²) in [5.41, 5.74) is 2.90. The van der Waals surface area contributed by atoms with Crippen LogP contribution in [0.25, 0.3) is 0 Å². The molecule has 0 radical (unpaired) electrons. The van der Waals surface area contributed by atoms with Gasteiger partial charge in [0.25, 0.3) is 0 Å². The number of benzene rings is 2. The fourth-order valence-corrected chi connectivity index (χ4v) is 2.35. The molecule has 2 aromatic carbocycles. The highest BCUT2D eigenvalue weighted by molar-refractivity contribution is 6.02. The second-order valence-corrected chi connectivity index (χ2v) is 5.02. The Bertz CT molecular complexity index is 663. The number of nitrogens with zero attached hydrogens (tertiary/aromatic N) is 2. The van der Waals surface area contributed by atoms with Crippen molar-refractivity contribution < 1.29 is 9.90 Å². The smallest absolute Gasteiger partial charge is 0.247 e. The zero-order valence-electron chi connectivity index (χ0n) is 11.6. The molecule has 1 aliphatic rings. The number of hydrazone groups is 1. The Labute approximate surface area is 123 Å². The van der Waals surface area contributed by atoms with E-state index in [9.17, 15) is 9.90 Å². The molecule has 1 heterocycles. The van der Waals surface area contributed by atoms with Crippen LogP contribution in [0.15, 0.2) is 59.7 Å². The van der Waals surface area contributed by atoms with Crippen LogP contribution >= 0.6 is 0 Å². The number of hydrogen-bond acceptors (Lipinski definition) is 3. The van der Waals surface area contributed by atoms with Crippen LogP contribution in [-0.2, 0) is 11.2 Å². The number of carbonyl (C=O) groups excluding carboxylic acids is 1. The van der Waals surface area contributed by atoms with Crippen LogP contribution in [0.2, 0.25) is 0 Å². The van der Waals surface area contributed by atoms with Crippen LogP contribution in [-0.4, -0.2) is 28.3 Å². The highest BCUT2D eigenvalue weighted by Crippen LogP contribution is 2.16. The lowest BCUT2D eigenvalue weighted by atomic mass is 10.1. The van der Waals surface area contributed by atoms with Crippen LogP contribution in [0.3, 0.4) is 0 Å². The Kier molecular flexibility index (Phi) is 3.69. The number of aromatic hydroxyl groups is 1. The molecular weight excluding hydrogens is 264 g/mol. The van der Waals surface area contributed by atoms with Crippen molar-refractivity contribution in [2.24, 2.45) is 5.10 Å². The largest absolute Gasteiger partial charge is 0.508 e. The van der Waals surface area contributed by atoms with Crippen LogP contribution < -0.4 is 0 Å². The van der Waals surface area contributed by atoms with Crippen molar-refractivity contribution in [3.05, 3.63) is 65.7 Å². The van der Waals surface area contributed by atoms with E-state index in [4.69, 9.17) is 0 Å². The van der Waals surface area contributed by atoms with Gasteiger partial charge in [-0.3, -0.25) is 4.79 Å². The summed E-state index contributed by atoms with van der Waals surface area (Å²) in [6.07, 6.45) is 1.08. The van der Waals surface area contributed by atoms with Gasteiger partial charge in [0.2, 0.25) is 5.91 Å². The second kappa shape index (κ2) is 5.79. The van der Waals surface area contributed by atoms with Gasteiger partial charge in [-0.1, -0.05) is 42.5 Å². The highest BCUT2D eigenvalue weighted by Gasteiger charge is 2.21. The molecule has 0 saturated heterocycles. The van der Waals surface area contributed by atoms with Gasteiger partial charge in [0.1, 0.15) is 5.75 Å². The Balaban J connectivity index is 1.69. The van der Waals surface area contributed by atoms with Crippen molar-refractivity contribution in [1.82, 2.24) is 5.01 Å². The van der Waals surface area contributed by atoms with Crippen LogP contribution in [0.4, 0.5) is 0 Å². The molecule has 21 heavy (non-hydrogen) atoms. The summed E-state index contributed by atoms with van der Waals surface area (Å²) in [5, 5.41) is 15.2. The molecule has 2 aromatic rings. The van der Waals surface area contributed by atoms with Gasteiger partial charge in [-0.2, -0.15) is 5.10 Å². The van der Waals surface area contributed by atoms with Gasteiger partial charge >= 0.3 is 0 Å². The van der Waals surface area contributed by atoms with E-state index in [0.29, 0.717) is 13.0 Å². The number of amides is 1. The maximum absolute atomic E-state index is 12.2. The number of phenolic OH excluding ortho intramolecular Hbond substituents is 1. The molecule has 0 saturated carbocycles. The van der Waals surface area contributed by atoms with Gasteiger partial charge in [-0.05, 0) is 23.3 Å². The van der Waals surface area contributed by atoms with Crippen LogP contribution in [0.5, 0.6) is 5.75 Å². The minimum absolute atomic E-state index is 0.0216. The fraction of sp³-hybridized carbons (Fsp3) is 0.176. The Morgan fingerprint density at radius 3 is 2.52 bits per heavy atom. The molecule has 106 valence electrons. The Hall–Kier alpha value is -2.62. The molecule has 4 heteroatoms. The zero-order valence-corrected chi connectivity index (χ0v) is 11.6. The van der Waals surface area contributed by atoms with Crippen molar-refractivity contribution in [2.75, 3.05) is 6.54 Å². The molecule has 1 N–H and O–H groups in total. The predicted octanol–water partition coefficient (Wildman–Crippen LogP) is 2.57. The van der Waals surface area contributed by atoms with Crippen LogP contribution in [0, 0.1) is 0 Å². The van der Waals surface area contributed by atoms with E-state index in [1.807, 2.05) is 30.3 Å². The Morgan fingerprint density at radius 1 is 1.10 bits per heavy atom. The average molecular weight is 280 g/mol. The average Bonchev–Trinajstić information content (AvgIpc) is 3.00. The summed E-state index contributed by atoms with van der Waals surface area (Å²) in [6.45, 7) is 0.626. The Morgan fingerprint density at radius 2 is 1.81 bits per heavy atom. The lowest BCUT2D eigenvalue weighted by molar-refractivity contribution is -0.130. The van der Waals surface area contributed by atoms with Gasteiger partial charge in [0.15, 0.2) is 0 Å². The lowest BCUT2D eigenvalue weighted by Gasteiger charge is -2.11. The van der Waals surface area contributed by atoms with Gasteiger partial charge in [-0.15, -0.1) is 0 Å². The molecule has 0 bridgehead atoms. The fourth-order valence-electron chi connectivity index (χ4n) is 2.35. The van der Waals surface area contributed by atoms with E-state index >= 15 is 0 Å². The lowest BCUT2D eigenvalue weighted by Crippen LogP contribution is -2.25. The first-order valence-electron chi connectivity index (χ1n) is 6.93. The van der Waals surface area contributed by atoms with Crippen molar-refractivity contribution in [1.29, 1.82) is 0 Å². The second-order valence-electron chi connectivity index (χ2n) is 5.02. The number of phenols is 1. The van der Waals surface area contributed by atoms with E-state index in [1.165, 1.54) is 5.01 Å². The third-order valence-corrected chi connectivity index (χ3v) is 3.49. The highest BCUT2D eigenvalue weighted by atomic mass is 16.3. The molecule has 0 unspecified atom stereocenters. The SMILES string of the molecule is O=C(Cc1ccc(O)cc1)N1CCC(c2ccccc2)=N1. The van der Waals surface area contributed by atoms with Crippen molar-refractivity contribution >= 4 is 11.6 Å². The van der Waals surface area contributed by atoms with Crippen molar-refractivity contribution in [2.45, 2.75) is 12.8 Å². The molecule has 0 atom stereocenters. The summed E-state index contributed by atoms with van der Waals surface area (Å²) in [5.74, 6) is 0.184. The zero-order chi connectivity index (χ0) is 14.7. The van der Waals surface area contributed by atoms with Gasteiger partial charge in [0.05, 0.1) is 18.7 Å². The van der Waals surface area contributed by atoms with Crippen molar-refractivity contribution in [3.8, 4) is 5.75 Å². The number of carbonyl (C=O) groups is 1. The number of hydrogen-bond donors (Lipinski definition) is 1. The minimum Gasteiger partial charge on any atom is -0.508 e. The van der Waals surface area contributed by atoms with E-state index < -0.39 is 0 Å². The summed E-state index contributed by atoms with van der Waals surface area (Å²) in [6, 6.07) is 16.6. The molecule has 0 aromatic heterocycles. The maximum atomic E-state index is 12.2. The summed E-state index contributed by atoms with van der Waals surface area (Å²) in [4.78, 5) is 12.2. The van der Waals surface area contributed by atoms with E-state index in [0.717, 1.165) is 23.3 Å². The van der Waals surface area contributed by atoms with Gasteiger partial charge in [0, 0.05) is 6.42 Å². The normalized spacial score (nSPS) is 14.1. The van der Waals surface area contributed by atoms with E-state index in [1.54, 1.807) is 24.3 Å². The standard InChI is InChI=1S/C17H16N2O2/c20-15-8-6-13(7-9-15)12-17(21)19-11-10-16(18-19)14-4-2-1-3-5-14/h1-9,20H,10-12H2. The third-order valence-electron chi connectivity index (χ3n) is 3.49. The molecule has 3 rings (SSSR count). The molecule has 0 fully saturated rings. The molecular formula is C17H16N2O2. The summed E-state index contributed by atoms with van der Waals surface area (Å²) < 4.78 is 0. The molecule has 0 aliphatic carbocycles. The van der Waals surface area contributed by atoms with Gasteiger partial charge in [-0.25, -0.2) is 5.01 Å². The molecule has 1 amide bonds. The van der Waals surface area contributed by atoms with Gasteiger partial charge < -0.3 is 5.11 Å². The molecule has 1 aliphatic heterocycles. The first-order valence-corrected chi connectivity index (χ1v) is 6.93. The monoisotopic (exact) mass is 280 g/mol. The van der Waals surface area contributed by atoms with E-state index in [-0.39, 0.29) is 11.7 Å². The number of rotatable bonds is 3. The van der Waals surface area contributed by atoms with Crippen molar-refractivity contribution in [3.63, 3.8) is 0 Å². The summed E-state index contributed by atoms with van der Waals surface area (Å²) in [7, 11) is 0. The molecule has 0 spiro atoms. The third kappa shape index (κ3) is 3.11. The van der Waals surface area contributed by atoms with Crippen LogP contribution in [0.1, 0.15) is 17.5 Å². The maximum Gasteiger partial charge on any atom is 0.247 e. The minimum atomic E-state index is -0.0216. The molecule has 4 nitrogen and oxygen atoms in total.